The van der Waals surface area contributed by atoms with Crippen molar-refractivity contribution in [3.05, 3.63) is 23.8 Å². The highest BCUT2D eigenvalue weighted by atomic mass is 16.5. The van der Waals surface area contributed by atoms with Gasteiger partial charge in [-0.2, -0.15) is 0 Å². The van der Waals surface area contributed by atoms with Crippen molar-refractivity contribution in [1.29, 1.82) is 0 Å². The number of hydrogen-bond donors (Lipinski definition) is 1. The zero-order valence-electron chi connectivity index (χ0n) is 13.3. The lowest BCUT2D eigenvalue weighted by Crippen LogP contribution is -2.41. The predicted octanol–water partition coefficient (Wildman–Crippen LogP) is 1.30. The highest BCUT2D eigenvalue weighted by Gasteiger charge is 2.29. The van der Waals surface area contributed by atoms with Gasteiger partial charge in [0.05, 0.1) is 14.2 Å². The van der Waals surface area contributed by atoms with Crippen LogP contribution in [-0.4, -0.2) is 55.4 Å². The number of carboxylic acid groups (broad SMARTS) is 1. The molecule has 1 aromatic carbocycles. The van der Waals surface area contributed by atoms with Gasteiger partial charge in [-0.25, -0.2) is 0 Å². The second-order valence-electron chi connectivity index (χ2n) is 5.31. The van der Waals surface area contributed by atoms with Crippen molar-refractivity contribution in [2.24, 2.45) is 0 Å². The van der Waals surface area contributed by atoms with Crippen molar-refractivity contribution >= 4 is 11.9 Å². The summed E-state index contributed by atoms with van der Waals surface area (Å²) in [5.74, 6) is -0.198. The fraction of sp³-hybridized carbons (Fsp3) is 0.500. The molecule has 1 aromatic rings. The summed E-state index contributed by atoms with van der Waals surface area (Å²) in [6.45, 7) is 0.307. The van der Waals surface area contributed by atoms with Gasteiger partial charge in [0.25, 0.3) is 5.91 Å². The molecule has 1 aliphatic heterocycles. The number of ether oxygens (including phenoxy) is 3. The topological polar surface area (TPSA) is 85.3 Å². The second kappa shape index (κ2) is 7.82. The first-order chi connectivity index (χ1) is 11.0. The lowest BCUT2D eigenvalue weighted by atomic mass is 10.1. The molecule has 1 N–H and O–H groups in total. The van der Waals surface area contributed by atoms with Gasteiger partial charge in [0.1, 0.15) is 24.1 Å². The van der Waals surface area contributed by atoms with Crippen LogP contribution in [0.5, 0.6) is 11.5 Å². The van der Waals surface area contributed by atoms with Gasteiger partial charge in [0.15, 0.2) is 0 Å². The van der Waals surface area contributed by atoms with Gasteiger partial charge in [-0.05, 0) is 30.5 Å². The van der Waals surface area contributed by atoms with Crippen LogP contribution >= 0.6 is 0 Å². The quantitative estimate of drug-likeness (QED) is 0.814. The molecule has 1 aliphatic rings. The standard InChI is InChI=1S/C16H21NO6/c1-21-12-6-11(7-13(8-12)22-2)9-17(10-15(18)19)16(20)14-4-3-5-23-14/h6-8,14H,3-5,9-10H2,1-2H3,(H,18,19). The van der Waals surface area contributed by atoms with Crippen LogP contribution in [0.2, 0.25) is 0 Å². The Morgan fingerprint density at radius 1 is 1.26 bits per heavy atom. The van der Waals surface area contributed by atoms with E-state index < -0.39 is 12.1 Å². The number of rotatable bonds is 7. The Kier molecular flexibility index (Phi) is 5.81. The summed E-state index contributed by atoms with van der Waals surface area (Å²) in [6, 6.07) is 5.22. The summed E-state index contributed by atoms with van der Waals surface area (Å²) in [5, 5.41) is 9.07. The molecule has 2 rings (SSSR count). The van der Waals surface area contributed by atoms with E-state index in [-0.39, 0.29) is 19.0 Å². The Morgan fingerprint density at radius 2 is 1.91 bits per heavy atom. The molecule has 7 nitrogen and oxygen atoms in total. The third-order valence-corrected chi connectivity index (χ3v) is 3.63. The van der Waals surface area contributed by atoms with E-state index in [2.05, 4.69) is 0 Å². The molecular formula is C16H21NO6. The van der Waals surface area contributed by atoms with E-state index in [1.54, 1.807) is 18.2 Å². The molecule has 0 spiro atoms. The Hall–Kier alpha value is -2.28. The molecule has 1 atom stereocenters. The van der Waals surface area contributed by atoms with Gasteiger partial charge in [-0.1, -0.05) is 0 Å². The minimum Gasteiger partial charge on any atom is -0.497 e. The van der Waals surface area contributed by atoms with E-state index >= 15 is 0 Å². The first kappa shape index (κ1) is 17.1. The van der Waals surface area contributed by atoms with Gasteiger partial charge in [-0.15, -0.1) is 0 Å². The van der Waals surface area contributed by atoms with Crippen molar-refractivity contribution < 1.29 is 28.9 Å². The van der Waals surface area contributed by atoms with Crippen molar-refractivity contribution in [1.82, 2.24) is 4.90 Å². The van der Waals surface area contributed by atoms with Crippen LogP contribution in [0.1, 0.15) is 18.4 Å². The van der Waals surface area contributed by atoms with Crippen LogP contribution in [0.15, 0.2) is 18.2 Å². The molecule has 0 saturated carbocycles. The zero-order valence-corrected chi connectivity index (χ0v) is 13.3. The van der Waals surface area contributed by atoms with E-state index in [0.29, 0.717) is 24.5 Å². The van der Waals surface area contributed by atoms with Gasteiger partial charge < -0.3 is 24.2 Å². The molecule has 0 aliphatic carbocycles. The Bertz CT molecular complexity index is 545. The molecule has 1 amide bonds. The summed E-state index contributed by atoms with van der Waals surface area (Å²) in [5.41, 5.74) is 0.730. The normalized spacial score (nSPS) is 16.9. The predicted molar refractivity (Wildman–Crippen MR) is 81.6 cm³/mol. The van der Waals surface area contributed by atoms with Crippen molar-refractivity contribution in [2.45, 2.75) is 25.5 Å². The number of carboxylic acids is 1. The molecule has 1 heterocycles. The highest BCUT2D eigenvalue weighted by Crippen LogP contribution is 2.24. The largest absolute Gasteiger partial charge is 0.497 e. The fourth-order valence-electron chi connectivity index (χ4n) is 2.53. The molecule has 1 unspecified atom stereocenters. The molecule has 0 aromatic heterocycles. The van der Waals surface area contributed by atoms with Crippen molar-refractivity contribution in [3.63, 3.8) is 0 Å². The SMILES string of the molecule is COc1cc(CN(CC(=O)O)C(=O)C2CCCO2)cc(OC)c1. The van der Waals surface area contributed by atoms with Crippen LogP contribution in [0, 0.1) is 0 Å². The number of aliphatic carboxylic acids is 1. The number of hydrogen-bond acceptors (Lipinski definition) is 5. The molecular weight excluding hydrogens is 302 g/mol. The van der Waals surface area contributed by atoms with E-state index in [1.165, 1.54) is 19.1 Å². The zero-order chi connectivity index (χ0) is 16.8. The molecule has 0 radical (unpaired) electrons. The number of nitrogens with zero attached hydrogens (tertiary/aromatic N) is 1. The Balaban J connectivity index is 2.19. The number of carbonyl (C=O) groups excluding carboxylic acids is 1. The average Bonchev–Trinajstić information content (AvgIpc) is 3.07. The molecule has 0 bridgehead atoms. The van der Waals surface area contributed by atoms with Gasteiger partial charge >= 0.3 is 5.97 Å². The number of amides is 1. The number of carbonyl (C=O) groups is 2. The Labute approximate surface area is 134 Å². The third kappa shape index (κ3) is 4.59. The summed E-state index contributed by atoms with van der Waals surface area (Å²) < 4.78 is 15.8. The maximum absolute atomic E-state index is 12.5. The first-order valence-corrected chi connectivity index (χ1v) is 7.37. The molecule has 1 saturated heterocycles. The van der Waals surface area contributed by atoms with Crippen LogP contribution in [0.25, 0.3) is 0 Å². The van der Waals surface area contributed by atoms with Gasteiger partial charge in [-0.3, -0.25) is 9.59 Å². The van der Waals surface area contributed by atoms with E-state index in [9.17, 15) is 9.59 Å². The first-order valence-electron chi connectivity index (χ1n) is 7.37. The van der Waals surface area contributed by atoms with Crippen LogP contribution in [-0.2, 0) is 20.9 Å². The molecule has 23 heavy (non-hydrogen) atoms. The average molecular weight is 323 g/mol. The number of benzene rings is 1. The summed E-state index contributed by atoms with van der Waals surface area (Å²) in [6.07, 6.45) is 0.877. The third-order valence-electron chi connectivity index (χ3n) is 3.63. The smallest absolute Gasteiger partial charge is 0.323 e. The minimum atomic E-state index is -1.06. The minimum absolute atomic E-state index is 0.151. The maximum atomic E-state index is 12.5. The molecule has 1 fully saturated rings. The highest BCUT2D eigenvalue weighted by molar-refractivity contribution is 5.84. The van der Waals surface area contributed by atoms with Crippen molar-refractivity contribution in [2.75, 3.05) is 27.4 Å². The Morgan fingerprint density at radius 3 is 2.39 bits per heavy atom. The van der Waals surface area contributed by atoms with Crippen LogP contribution in [0.4, 0.5) is 0 Å². The summed E-state index contributed by atoms with van der Waals surface area (Å²) in [7, 11) is 3.07. The summed E-state index contributed by atoms with van der Waals surface area (Å²) >= 11 is 0. The lowest BCUT2D eigenvalue weighted by molar-refractivity contribution is -0.149. The van der Waals surface area contributed by atoms with Gasteiger partial charge in [0.2, 0.25) is 0 Å². The van der Waals surface area contributed by atoms with Crippen molar-refractivity contribution in [3.8, 4) is 11.5 Å². The van der Waals surface area contributed by atoms with Crippen LogP contribution < -0.4 is 9.47 Å². The van der Waals surface area contributed by atoms with E-state index in [0.717, 1.165) is 12.0 Å². The monoisotopic (exact) mass is 323 g/mol. The molecule has 7 heteroatoms. The second-order valence-corrected chi connectivity index (χ2v) is 5.31. The van der Waals surface area contributed by atoms with E-state index in [4.69, 9.17) is 19.3 Å². The fourth-order valence-corrected chi connectivity index (χ4v) is 2.53. The van der Waals surface area contributed by atoms with E-state index in [1.807, 2.05) is 0 Å². The lowest BCUT2D eigenvalue weighted by Gasteiger charge is -2.24. The van der Waals surface area contributed by atoms with Gasteiger partial charge in [0, 0.05) is 19.2 Å². The van der Waals surface area contributed by atoms with Crippen LogP contribution in [0.3, 0.4) is 0 Å². The molecule has 126 valence electrons. The maximum Gasteiger partial charge on any atom is 0.323 e. The summed E-state index contributed by atoms with van der Waals surface area (Å²) in [4.78, 5) is 24.8. The number of methoxy groups -OCH3 is 2.